The SMILES string of the molecule is C[C@H](C#CC[NH+]1CCCCC1)OCCOCc1ccccc1. The molecule has 1 aliphatic rings. The Labute approximate surface area is 134 Å². The molecule has 0 radical (unpaired) electrons. The summed E-state index contributed by atoms with van der Waals surface area (Å²) in [6, 6.07) is 10.2. The second kappa shape index (κ2) is 10.4. The molecular weight excluding hydrogens is 274 g/mol. The second-order valence-electron chi connectivity index (χ2n) is 5.86. The molecular formula is C19H28NO2+. The number of rotatable bonds is 7. The lowest BCUT2D eigenvalue weighted by molar-refractivity contribution is -0.897. The maximum atomic E-state index is 5.66. The van der Waals surface area contributed by atoms with Gasteiger partial charge in [0.15, 0.2) is 0 Å². The van der Waals surface area contributed by atoms with Gasteiger partial charge in [-0.05, 0) is 37.7 Å². The molecule has 3 nitrogen and oxygen atoms in total. The molecule has 0 aliphatic carbocycles. The van der Waals surface area contributed by atoms with Crippen LogP contribution >= 0.6 is 0 Å². The molecule has 2 rings (SSSR count). The van der Waals surface area contributed by atoms with E-state index in [4.69, 9.17) is 9.47 Å². The van der Waals surface area contributed by atoms with Crippen LogP contribution in [0.25, 0.3) is 0 Å². The molecule has 0 saturated carbocycles. The Morgan fingerprint density at radius 2 is 1.86 bits per heavy atom. The van der Waals surface area contributed by atoms with Gasteiger partial charge in [0.25, 0.3) is 0 Å². The molecule has 120 valence electrons. The van der Waals surface area contributed by atoms with Gasteiger partial charge in [0.2, 0.25) is 0 Å². The summed E-state index contributed by atoms with van der Waals surface area (Å²) >= 11 is 0. The van der Waals surface area contributed by atoms with Crippen LogP contribution in [0.1, 0.15) is 31.7 Å². The largest absolute Gasteiger partial charge is 0.374 e. The van der Waals surface area contributed by atoms with E-state index in [1.807, 2.05) is 25.1 Å². The van der Waals surface area contributed by atoms with Gasteiger partial charge in [0.05, 0.1) is 32.9 Å². The predicted molar refractivity (Wildman–Crippen MR) is 88.7 cm³/mol. The van der Waals surface area contributed by atoms with Crippen molar-refractivity contribution in [1.29, 1.82) is 0 Å². The summed E-state index contributed by atoms with van der Waals surface area (Å²) in [4.78, 5) is 1.62. The minimum atomic E-state index is -0.00971. The Hall–Kier alpha value is -1.34. The molecule has 0 bridgehead atoms. The van der Waals surface area contributed by atoms with Crippen LogP contribution in [-0.2, 0) is 16.1 Å². The Bertz CT molecular complexity index is 457. The first-order valence-electron chi connectivity index (χ1n) is 8.40. The number of quaternary nitrogens is 1. The van der Waals surface area contributed by atoms with Gasteiger partial charge in [-0.15, -0.1) is 0 Å². The van der Waals surface area contributed by atoms with Crippen LogP contribution in [0.4, 0.5) is 0 Å². The maximum absolute atomic E-state index is 5.66. The second-order valence-corrected chi connectivity index (χ2v) is 5.86. The summed E-state index contributed by atoms with van der Waals surface area (Å²) in [5.74, 6) is 6.46. The third-order valence-electron chi connectivity index (χ3n) is 3.91. The van der Waals surface area contributed by atoms with Crippen molar-refractivity contribution >= 4 is 0 Å². The quantitative estimate of drug-likeness (QED) is 0.612. The van der Waals surface area contributed by atoms with Crippen molar-refractivity contribution in [3.05, 3.63) is 35.9 Å². The van der Waals surface area contributed by atoms with Gasteiger partial charge in [-0.25, -0.2) is 0 Å². The summed E-state index contributed by atoms with van der Waals surface area (Å²) < 4.78 is 11.3. The van der Waals surface area contributed by atoms with Gasteiger partial charge in [-0.1, -0.05) is 36.3 Å². The fourth-order valence-corrected chi connectivity index (χ4v) is 2.64. The predicted octanol–water partition coefficient (Wildman–Crippen LogP) is 1.68. The summed E-state index contributed by atoms with van der Waals surface area (Å²) in [5, 5.41) is 0. The fourth-order valence-electron chi connectivity index (χ4n) is 2.64. The van der Waals surface area contributed by atoms with Crippen molar-refractivity contribution in [3.8, 4) is 11.8 Å². The normalized spacial score (nSPS) is 16.8. The summed E-state index contributed by atoms with van der Waals surface area (Å²) in [5.41, 5.74) is 1.19. The van der Waals surface area contributed by atoms with Crippen molar-refractivity contribution < 1.29 is 14.4 Å². The van der Waals surface area contributed by atoms with Crippen LogP contribution in [0, 0.1) is 11.8 Å². The highest BCUT2D eigenvalue weighted by Gasteiger charge is 2.11. The number of hydrogen-bond acceptors (Lipinski definition) is 2. The van der Waals surface area contributed by atoms with E-state index in [0.29, 0.717) is 19.8 Å². The average Bonchev–Trinajstić information content (AvgIpc) is 2.56. The molecule has 22 heavy (non-hydrogen) atoms. The van der Waals surface area contributed by atoms with Gasteiger partial charge in [0, 0.05) is 0 Å². The van der Waals surface area contributed by atoms with E-state index in [9.17, 15) is 0 Å². The lowest BCUT2D eigenvalue weighted by Gasteiger charge is -2.21. The zero-order valence-electron chi connectivity index (χ0n) is 13.6. The van der Waals surface area contributed by atoms with Crippen molar-refractivity contribution in [3.63, 3.8) is 0 Å². The van der Waals surface area contributed by atoms with Crippen LogP contribution < -0.4 is 4.90 Å². The van der Waals surface area contributed by atoms with Crippen LogP contribution in [0.5, 0.6) is 0 Å². The van der Waals surface area contributed by atoms with Crippen LogP contribution in [0.15, 0.2) is 30.3 Å². The maximum Gasteiger partial charge on any atom is 0.139 e. The minimum absolute atomic E-state index is 0.00971. The van der Waals surface area contributed by atoms with Gasteiger partial charge in [-0.2, -0.15) is 0 Å². The third kappa shape index (κ3) is 7.09. The lowest BCUT2D eigenvalue weighted by atomic mass is 10.1. The highest BCUT2D eigenvalue weighted by Crippen LogP contribution is 2.00. The van der Waals surface area contributed by atoms with Crippen molar-refractivity contribution in [2.75, 3.05) is 32.8 Å². The number of nitrogens with one attached hydrogen (secondary N) is 1. The van der Waals surface area contributed by atoms with Crippen molar-refractivity contribution in [1.82, 2.24) is 0 Å². The molecule has 1 aromatic carbocycles. The van der Waals surface area contributed by atoms with E-state index in [0.717, 1.165) is 6.54 Å². The van der Waals surface area contributed by atoms with Crippen LogP contribution in [0.3, 0.4) is 0 Å². The molecule has 1 aliphatic heterocycles. The monoisotopic (exact) mass is 302 g/mol. The average molecular weight is 302 g/mol. The van der Waals surface area contributed by atoms with E-state index in [1.54, 1.807) is 4.90 Å². The number of likely N-dealkylation sites (tertiary alicyclic amines) is 1. The van der Waals surface area contributed by atoms with Gasteiger partial charge >= 0.3 is 0 Å². The molecule has 1 N–H and O–H groups in total. The van der Waals surface area contributed by atoms with Gasteiger partial charge in [0.1, 0.15) is 12.6 Å². The lowest BCUT2D eigenvalue weighted by Crippen LogP contribution is -3.12. The highest BCUT2D eigenvalue weighted by atomic mass is 16.5. The number of benzene rings is 1. The van der Waals surface area contributed by atoms with E-state index >= 15 is 0 Å². The van der Waals surface area contributed by atoms with Crippen molar-refractivity contribution in [2.45, 2.75) is 38.9 Å². The van der Waals surface area contributed by atoms with E-state index in [1.165, 1.54) is 37.9 Å². The summed E-state index contributed by atoms with van der Waals surface area (Å²) in [6.07, 6.45) is 4.08. The first-order chi connectivity index (χ1) is 10.8. The molecule has 1 fully saturated rings. The minimum Gasteiger partial charge on any atom is -0.374 e. The van der Waals surface area contributed by atoms with E-state index in [-0.39, 0.29) is 6.10 Å². The number of ether oxygens (including phenoxy) is 2. The summed E-state index contributed by atoms with van der Waals surface area (Å²) in [6.45, 7) is 7.36. The van der Waals surface area contributed by atoms with E-state index in [2.05, 4.69) is 24.0 Å². The molecule has 3 heteroatoms. The number of piperidine rings is 1. The van der Waals surface area contributed by atoms with Crippen LogP contribution in [-0.4, -0.2) is 39.0 Å². The third-order valence-corrected chi connectivity index (χ3v) is 3.91. The molecule has 1 heterocycles. The van der Waals surface area contributed by atoms with Crippen LogP contribution in [0.2, 0.25) is 0 Å². The molecule has 0 amide bonds. The Morgan fingerprint density at radius 3 is 2.64 bits per heavy atom. The Kier molecular flexibility index (Phi) is 8.04. The molecule has 0 spiro atoms. The Balaban J connectivity index is 1.51. The zero-order valence-corrected chi connectivity index (χ0v) is 13.6. The zero-order chi connectivity index (χ0) is 15.5. The molecule has 1 atom stereocenters. The number of hydrogen-bond donors (Lipinski definition) is 1. The summed E-state index contributed by atoms with van der Waals surface area (Å²) in [7, 11) is 0. The molecule has 0 unspecified atom stereocenters. The molecule has 1 saturated heterocycles. The van der Waals surface area contributed by atoms with E-state index < -0.39 is 0 Å². The Morgan fingerprint density at radius 1 is 1.09 bits per heavy atom. The molecule has 1 aromatic rings. The first kappa shape index (κ1) is 17.0. The van der Waals surface area contributed by atoms with Gasteiger partial charge in [-0.3, -0.25) is 0 Å². The van der Waals surface area contributed by atoms with Crippen molar-refractivity contribution in [2.24, 2.45) is 0 Å². The topological polar surface area (TPSA) is 22.9 Å². The van der Waals surface area contributed by atoms with Gasteiger partial charge < -0.3 is 14.4 Å². The fraction of sp³-hybridized carbons (Fsp3) is 0.579. The highest BCUT2D eigenvalue weighted by molar-refractivity contribution is 5.13. The first-order valence-corrected chi connectivity index (χ1v) is 8.40. The molecule has 0 aromatic heterocycles. The smallest absolute Gasteiger partial charge is 0.139 e. The standard InChI is InChI=1S/C19H27NO2/c1-18(9-8-14-20-12-6-3-7-13-20)22-16-15-21-17-19-10-4-2-5-11-19/h2,4-5,10-11,18H,3,6-7,12-17H2,1H3/p+1/t18-/m1/s1.